The van der Waals surface area contributed by atoms with Gasteiger partial charge in [-0.15, -0.1) is 0 Å². The summed E-state index contributed by atoms with van der Waals surface area (Å²) < 4.78 is 5.45. The van der Waals surface area contributed by atoms with Gasteiger partial charge in [0.25, 0.3) is 0 Å². The van der Waals surface area contributed by atoms with Gasteiger partial charge in [0.05, 0.1) is 7.11 Å². The minimum absolute atomic E-state index is 0.364. The molecule has 3 aliphatic carbocycles. The van der Waals surface area contributed by atoms with Gasteiger partial charge in [-0.2, -0.15) is 0 Å². The first-order chi connectivity index (χ1) is 11.4. The molecule has 2 saturated carbocycles. The molecule has 0 aromatic heterocycles. The van der Waals surface area contributed by atoms with Crippen molar-refractivity contribution < 1.29 is 4.74 Å². The summed E-state index contributed by atoms with van der Waals surface area (Å²) in [5.74, 6) is 3.57. The van der Waals surface area contributed by atoms with Crippen molar-refractivity contribution in [1.29, 1.82) is 0 Å². The second kappa shape index (κ2) is 5.49. The molecule has 5 atom stereocenters. The molecule has 0 bridgehead atoms. The molecule has 3 aliphatic rings. The normalized spacial score (nSPS) is 40.8. The lowest BCUT2D eigenvalue weighted by Gasteiger charge is -2.56. The quantitative estimate of drug-likeness (QED) is 0.768. The molecule has 0 saturated heterocycles. The fraction of sp³-hybridized carbons (Fsp3) is 0.727. The first-order valence-corrected chi connectivity index (χ1v) is 9.75. The minimum atomic E-state index is 0.364. The first kappa shape index (κ1) is 16.4. The van der Waals surface area contributed by atoms with Gasteiger partial charge in [0.2, 0.25) is 0 Å². The van der Waals surface area contributed by atoms with Gasteiger partial charge in [0.1, 0.15) is 5.75 Å². The fourth-order valence-electron chi connectivity index (χ4n) is 6.66. The van der Waals surface area contributed by atoms with Gasteiger partial charge >= 0.3 is 0 Å². The van der Waals surface area contributed by atoms with Crippen molar-refractivity contribution in [3.8, 4) is 5.75 Å². The van der Waals surface area contributed by atoms with Crippen LogP contribution in [-0.2, 0) is 6.42 Å². The van der Waals surface area contributed by atoms with Crippen LogP contribution in [0.25, 0.3) is 0 Å². The molecule has 1 aromatic rings. The third-order valence-corrected chi connectivity index (χ3v) is 8.48. The molecule has 0 aliphatic heterocycles. The Balaban J connectivity index is 1.68. The average molecular weight is 328 g/mol. The van der Waals surface area contributed by atoms with Gasteiger partial charge in [-0.05, 0) is 106 Å². The predicted octanol–water partition coefficient (Wildman–Crippen LogP) is 4.87. The average Bonchev–Trinajstić information content (AvgIpc) is 2.87. The number of rotatable bonds is 2. The molecular weight excluding hydrogens is 294 g/mol. The Kier molecular flexibility index (Phi) is 3.76. The molecule has 1 aromatic carbocycles. The van der Waals surface area contributed by atoms with Crippen molar-refractivity contribution in [2.45, 2.75) is 63.8 Å². The van der Waals surface area contributed by atoms with Crippen LogP contribution in [0.5, 0.6) is 5.75 Å². The summed E-state index contributed by atoms with van der Waals surface area (Å²) in [6.07, 6.45) is 8.12. The van der Waals surface area contributed by atoms with Crippen LogP contribution in [-0.4, -0.2) is 31.6 Å². The zero-order valence-corrected chi connectivity index (χ0v) is 16.1. The molecule has 2 heteroatoms. The third kappa shape index (κ3) is 2.05. The van der Waals surface area contributed by atoms with E-state index in [1.54, 1.807) is 18.2 Å². The first-order valence-electron chi connectivity index (χ1n) is 9.75. The molecule has 0 N–H and O–H groups in total. The molecule has 0 unspecified atom stereocenters. The maximum absolute atomic E-state index is 5.45. The topological polar surface area (TPSA) is 12.5 Å². The lowest BCUT2D eigenvalue weighted by Crippen LogP contribution is -2.55. The zero-order valence-electron chi connectivity index (χ0n) is 16.1. The van der Waals surface area contributed by atoms with Crippen molar-refractivity contribution in [1.82, 2.24) is 4.90 Å². The van der Waals surface area contributed by atoms with E-state index in [1.165, 1.54) is 38.5 Å². The number of fused-ring (bicyclic) bond motifs is 5. The van der Waals surface area contributed by atoms with Gasteiger partial charge < -0.3 is 9.64 Å². The van der Waals surface area contributed by atoms with Crippen LogP contribution in [0, 0.1) is 17.3 Å². The SMILES string of the molecule is COc1ccc2c(c1)CC[C@H]1[C@H]2CC[C@@]2(C)[C@H]1CC[C@@]2(C)N(C)C. The molecule has 0 heterocycles. The monoisotopic (exact) mass is 327 g/mol. The lowest BCUT2D eigenvalue weighted by atomic mass is 9.52. The number of hydrogen-bond acceptors (Lipinski definition) is 2. The van der Waals surface area contributed by atoms with Crippen LogP contribution >= 0.6 is 0 Å². The van der Waals surface area contributed by atoms with Gasteiger partial charge in [0, 0.05) is 5.54 Å². The van der Waals surface area contributed by atoms with Crippen LogP contribution in [0.2, 0.25) is 0 Å². The highest BCUT2D eigenvalue weighted by Crippen LogP contribution is 2.65. The summed E-state index contributed by atoms with van der Waals surface area (Å²) in [6, 6.07) is 6.83. The maximum atomic E-state index is 5.45. The number of benzene rings is 1. The summed E-state index contributed by atoms with van der Waals surface area (Å²) in [4.78, 5) is 2.52. The van der Waals surface area contributed by atoms with Crippen molar-refractivity contribution in [2.24, 2.45) is 17.3 Å². The summed E-state index contributed by atoms with van der Waals surface area (Å²) in [5.41, 5.74) is 4.02. The Labute approximate surface area is 147 Å². The highest BCUT2D eigenvalue weighted by molar-refractivity contribution is 5.41. The van der Waals surface area contributed by atoms with Gasteiger partial charge in [-0.1, -0.05) is 13.0 Å². The summed E-state index contributed by atoms with van der Waals surface area (Å²) in [6.45, 7) is 5.12. The van der Waals surface area contributed by atoms with Crippen molar-refractivity contribution in [3.63, 3.8) is 0 Å². The van der Waals surface area contributed by atoms with E-state index in [9.17, 15) is 0 Å². The van der Waals surface area contributed by atoms with E-state index in [0.717, 1.165) is 23.5 Å². The largest absolute Gasteiger partial charge is 0.497 e. The molecule has 0 spiro atoms. The van der Waals surface area contributed by atoms with Crippen LogP contribution in [0.1, 0.15) is 63.0 Å². The van der Waals surface area contributed by atoms with E-state index in [2.05, 4.69) is 51.0 Å². The number of ether oxygens (including phenoxy) is 1. The number of aryl methyl sites for hydroxylation is 1. The molecule has 4 rings (SSSR count). The smallest absolute Gasteiger partial charge is 0.119 e. The lowest BCUT2D eigenvalue weighted by molar-refractivity contribution is -0.0364. The fourth-order valence-corrected chi connectivity index (χ4v) is 6.66. The second-order valence-electron chi connectivity index (χ2n) is 9.14. The highest BCUT2D eigenvalue weighted by Gasteiger charge is 2.60. The van der Waals surface area contributed by atoms with Crippen LogP contribution in [0.4, 0.5) is 0 Å². The van der Waals surface area contributed by atoms with Crippen molar-refractivity contribution >= 4 is 0 Å². The number of hydrogen-bond donors (Lipinski definition) is 0. The predicted molar refractivity (Wildman–Crippen MR) is 99.7 cm³/mol. The number of nitrogens with zero attached hydrogens (tertiary/aromatic N) is 1. The molecule has 132 valence electrons. The molecule has 24 heavy (non-hydrogen) atoms. The van der Waals surface area contributed by atoms with Crippen molar-refractivity contribution in [3.05, 3.63) is 29.3 Å². The Morgan fingerprint density at radius 3 is 2.58 bits per heavy atom. The Bertz CT molecular complexity index is 639. The van der Waals surface area contributed by atoms with E-state index in [4.69, 9.17) is 4.74 Å². The van der Waals surface area contributed by atoms with E-state index in [0.29, 0.717) is 11.0 Å². The molecule has 0 amide bonds. The van der Waals surface area contributed by atoms with Crippen LogP contribution in [0.15, 0.2) is 18.2 Å². The van der Waals surface area contributed by atoms with E-state index < -0.39 is 0 Å². The highest BCUT2D eigenvalue weighted by atomic mass is 16.5. The molecule has 2 fully saturated rings. The van der Waals surface area contributed by atoms with Gasteiger partial charge in [0.15, 0.2) is 0 Å². The summed E-state index contributed by atoms with van der Waals surface area (Å²) >= 11 is 0. The molecule has 2 nitrogen and oxygen atoms in total. The van der Waals surface area contributed by atoms with Crippen molar-refractivity contribution in [2.75, 3.05) is 21.2 Å². The van der Waals surface area contributed by atoms with Gasteiger partial charge in [-0.3, -0.25) is 0 Å². The van der Waals surface area contributed by atoms with Gasteiger partial charge in [-0.25, -0.2) is 0 Å². The van der Waals surface area contributed by atoms with Crippen LogP contribution < -0.4 is 4.74 Å². The van der Waals surface area contributed by atoms with E-state index >= 15 is 0 Å². The molecule has 0 radical (unpaired) electrons. The maximum Gasteiger partial charge on any atom is 0.119 e. The van der Waals surface area contributed by atoms with E-state index in [1.807, 2.05) is 0 Å². The third-order valence-electron chi connectivity index (χ3n) is 8.48. The van der Waals surface area contributed by atoms with E-state index in [-0.39, 0.29) is 0 Å². The minimum Gasteiger partial charge on any atom is -0.497 e. The Morgan fingerprint density at radius 2 is 1.88 bits per heavy atom. The molecular formula is C22H33NO. The summed E-state index contributed by atoms with van der Waals surface area (Å²) in [5, 5.41) is 0. The van der Waals surface area contributed by atoms with Crippen LogP contribution in [0.3, 0.4) is 0 Å². The summed E-state index contributed by atoms with van der Waals surface area (Å²) in [7, 11) is 6.37. The Morgan fingerprint density at radius 1 is 1.08 bits per heavy atom. The second-order valence-corrected chi connectivity index (χ2v) is 9.14. The zero-order chi connectivity index (χ0) is 17.1. The Hall–Kier alpha value is -1.02. The standard InChI is InChI=1S/C22H33NO/c1-21-12-10-18-17-9-7-16(24-5)14-15(17)6-8-19(18)20(21)11-13-22(21,2)23(3)4/h7,9,14,18-20H,6,8,10-13H2,1-5H3/t18-,19-,20-,21-,22+/m0/s1. The number of methoxy groups -OCH3 is 1.